The summed E-state index contributed by atoms with van der Waals surface area (Å²) >= 11 is 0. The van der Waals surface area contributed by atoms with Gasteiger partial charge in [-0.25, -0.2) is 0 Å². The number of unbranched alkanes of at least 4 members (excludes halogenated alkanes) is 6. The number of hydrogen-bond donors (Lipinski definition) is 1. The molecule has 0 saturated carbocycles. The molecule has 1 saturated heterocycles. The molecule has 1 fully saturated rings. The maximum Gasteiger partial charge on any atom is 0.0849 e. The first-order valence-corrected chi connectivity index (χ1v) is 9.75. The molecule has 2 N–H and O–H groups in total. The van der Waals surface area contributed by atoms with Gasteiger partial charge in [-0.05, 0) is 19.3 Å². The van der Waals surface area contributed by atoms with Crippen LogP contribution < -0.4 is 5.73 Å². The summed E-state index contributed by atoms with van der Waals surface area (Å²) in [6.07, 6.45) is 15.0. The topological polar surface area (TPSA) is 38.5 Å². The molecule has 1 unspecified atom stereocenters. The van der Waals surface area contributed by atoms with Gasteiger partial charge in [0.2, 0.25) is 0 Å². The van der Waals surface area contributed by atoms with Crippen molar-refractivity contribution >= 4 is 0 Å². The second-order valence-corrected chi connectivity index (χ2v) is 7.07. The largest absolute Gasteiger partial charge is 0.379 e. The number of rotatable bonds is 12. The van der Waals surface area contributed by atoms with Crippen molar-refractivity contribution in [1.29, 1.82) is 0 Å². The smallest absolute Gasteiger partial charge is 0.0849 e. The minimum absolute atomic E-state index is 0.224. The predicted molar refractivity (Wildman–Crippen MR) is 96.3 cm³/mol. The molecular weight excluding hydrogens is 272 g/mol. The molecule has 3 atom stereocenters. The third-order valence-electron chi connectivity index (χ3n) is 5.24. The van der Waals surface area contributed by atoms with Gasteiger partial charge in [0.15, 0.2) is 0 Å². The molecule has 0 aromatic carbocycles. The van der Waals surface area contributed by atoms with E-state index in [1.807, 2.05) is 7.11 Å². The summed E-state index contributed by atoms with van der Waals surface area (Å²) in [5.41, 5.74) is 6.18. The van der Waals surface area contributed by atoms with Crippen LogP contribution in [0.3, 0.4) is 0 Å². The molecule has 1 rings (SSSR count). The van der Waals surface area contributed by atoms with Crippen LogP contribution in [0, 0.1) is 0 Å². The van der Waals surface area contributed by atoms with E-state index in [9.17, 15) is 0 Å². The van der Waals surface area contributed by atoms with Gasteiger partial charge in [0.05, 0.1) is 6.10 Å². The SMILES string of the molecule is CCCCCCCC(CCCCC)N1CC[C@@H](N)[C@H](OC)C1. The molecule has 0 aliphatic carbocycles. The van der Waals surface area contributed by atoms with Crippen LogP contribution in [0.2, 0.25) is 0 Å². The van der Waals surface area contributed by atoms with Crippen LogP contribution >= 0.6 is 0 Å². The molecule has 132 valence electrons. The van der Waals surface area contributed by atoms with E-state index in [1.54, 1.807) is 0 Å². The van der Waals surface area contributed by atoms with Crippen LogP contribution in [0.25, 0.3) is 0 Å². The molecular formula is C19H40N2O. The lowest BCUT2D eigenvalue weighted by Gasteiger charge is -2.40. The van der Waals surface area contributed by atoms with Crippen LogP contribution in [0.1, 0.15) is 84.5 Å². The Kier molecular flexibility index (Phi) is 11.2. The van der Waals surface area contributed by atoms with Crippen LogP contribution in [0.5, 0.6) is 0 Å². The molecule has 0 aromatic heterocycles. The summed E-state index contributed by atoms with van der Waals surface area (Å²) in [6, 6.07) is 0.973. The highest BCUT2D eigenvalue weighted by atomic mass is 16.5. The van der Waals surface area contributed by atoms with E-state index in [-0.39, 0.29) is 12.1 Å². The summed E-state index contributed by atoms with van der Waals surface area (Å²) in [5, 5.41) is 0. The fourth-order valence-electron chi connectivity index (χ4n) is 3.66. The Hall–Kier alpha value is -0.120. The van der Waals surface area contributed by atoms with Gasteiger partial charge in [-0.2, -0.15) is 0 Å². The molecule has 0 aromatic rings. The van der Waals surface area contributed by atoms with Crippen molar-refractivity contribution in [2.45, 2.75) is 103 Å². The summed E-state index contributed by atoms with van der Waals surface area (Å²) < 4.78 is 5.60. The number of likely N-dealkylation sites (tertiary alicyclic amines) is 1. The normalized spacial score (nSPS) is 24.5. The number of hydrogen-bond acceptors (Lipinski definition) is 3. The zero-order valence-electron chi connectivity index (χ0n) is 15.4. The van der Waals surface area contributed by atoms with Crippen LogP contribution in [0.4, 0.5) is 0 Å². The number of piperidine rings is 1. The average Bonchev–Trinajstić information content (AvgIpc) is 2.54. The Morgan fingerprint density at radius 3 is 2.23 bits per heavy atom. The summed E-state index contributed by atoms with van der Waals surface area (Å²) in [6.45, 7) is 6.77. The van der Waals surface area contributed by atoms with Gasteiger partial charge in [-0.1, -0.05) is 65.2 Å². The maximum atomic E-state index is 6.18. The number of nitrogens with two attached hydrogens (primary N) is 1. The van der Waals surface area contributed by atoms with E-state index in [0.29, 0.717) is 0 Å². The minimum atomic E-state index is 0.224. The standard InChI is InChI=1S/C19H40N2O/c1-4-6-8-9-11-13-17(12-10-7-5-2)21-15-14-18(20)19(16-21)22-3/h17-19H,4-16,20H2,1-3H3/t17?,18-,19-/m1/s1. The van der Waals surface area contributed by atoms with Crippen molar-refractivity contribution in [1.82, 2.24) is 4.90 Å². The lowest BCUT2D eigenvalue weighted by molar-refractivity contribution is -0.00240. The Morgan fingerprint density at radius 1 is 1.00 bits per heavy atom. The van der Waals surface area contributed by atoms with Crippen molar-refractivity contribution in [3.8, 4) is 0 Å². The highest BCUT2D eigenvalue weighted by Crippen LogP contribution is 2.22. The van der Waals surface area contributed by atoms with Crippen molar-refractivity contribution in [2.75, 3.05) is 20.2 Å². The predicted octanol–water partition coefficient (Wildman–Crippen LogP) is 4.34. The summed E-state index contributed by atoms with van der Waals surface area (Å²) in [4.78, 5) is 2.67. The first-order valence-electron chi connectivity index (χ1n) is 9.75. The molecule has 0 amide bonds. The van der Waals surface area contributed by atoms with E-state index >= 15 is 0 Å². The van der Waals surface area contributed by atoms with Crippen molar-refractivity contribution in [2.24, 2.45) is 5.73 Å². The van der Waals surface area contributed by atoms with E-state index in [0.717, 1.165) is 25.6 Å². The van der Waals surface area contributed by atoms with Gasteiger partial charge in [-0.3, -0.25) is 4.90 Å². The fourth-order valence-corrected chi connectivity index (χ4v) is 3.66. The number of ether oxygens (including phenoxy) is 1. The zero-order chi connectivity index (χ0) is 16.2. The number of methoxy groups -OCH3 is 1. The molecule has 1 aliphatic rings. The van der Waals surface area contributed by atoms with Gasteiger partial charge < -0.3 is 10.5 Å². The zero-order valence-corrected chi connectivity index (χ0v) is 15.4. The highest BCUT2D eigenvalue weighted by Gasteiger charge is 2.30. The van der Waals surface area contributed by atoms with Gasteiger partial charge in [-0.15, -0.1) is 0 Å². The van der Waals surface area contributed by atoms with E-state index in [1.165, 1.54) is 64.2 Å². The Labute approximate surface area is 139 Å². The lowest BCUT2D eigenvalue weighted by Crippen LogP contribution is -2.54. The Bertz CT molecular complexity index is 260. The third kappa shape index (κ3) is 7.43. The first-order chi connectivity index (χ1) is 10.7. The highest BCUT2D eigenvalue weighted by molar-refractivity contribution is 4.87. The van der Waals surface area contributed by atoms with Crippen LogP contribution in [0.15, 0.2) is 0 Å². The molecule has 3 heteroatoms. The first kappa shape index (κ1) is 19.9. The molecule has 0 bridgehead atoms. The third-order valence-corrected chi connectivity index (χ3v) is 5.24. The summed E-state index contributed by atoms with van der Waals surface area (Å²) in [7, 11) is 1.81. The monoisotopic (exact) mass is 312 g/mol. The second-order valence-electron chi connectivity index (χ2n) is 7.07. The average molecular weight is 313 g/mol. The Balaban J connectivity index is 2.41. The second kappa shape index (κ2) is 12.3. The van der Waals surface area contributed by atoms with Gasteiger partial charge >= 0.3 is 0 Å². The van der Waals surface area contributed by atoms with Crippen molar-refractivity contribution < 1.29 is 4.74 Å². The molecule has 3 nitrogen and oxygen atoms in total. The van der Waals surface area contributed by atoms with Gasteiger partial charge in [0.25, 0.3) is 0 Å². The van der Waals surface area contributed by atoms with Crippen LogP contribution in [-0.2, 0) is 4.74 Å². The molecule has 1 heterocycles. The maximum absolute atomic E-state index is 6.18. The molecule has 1 aliphatic heterocycles. The lowest BCUT2D eigenvalue weighted by atomic mass is 9.95. The summed E-state index contributed by atoms with van der Waals surface area (Å²) in [5.74, 6) is 0. The van der Waals surface area contributed by atoms with Gasteiger partial charge in [0.1, 0.15) is 0 Å². The van der Waals surface area contributed by atoms with Gasteiger partial charge in [0, 0.05) is 32.3 Å². The van der Waals surface area contributed by atoms with Crippen molar-refractivity contribution in [3.63, 3.8) is 0 Å². The molecule has 22 heavy (non-hydrogen) atoms. The number of nitrogens with zero attached hydrogens (tertiary/aromatic N) is 1. The van der Waals surface area contributed by atoms with Crippen LogP contribution in [-0.4, -0.2) is 43.3 Å². The molecule has 0 radical (unpaired) electrons. The fraction of sp³-hybridized carbons (Fsp3) is 1.00. The minimum Gasteiger partial charge on any atom is -0.379 e. The van der Waals surface area contributed by atoms with E-state index < -0.39 is 0 Å². The Morgan fingerprint density at radius 2 is 1.59 bits per heavy atom. The quantitative estimate of drug-likeness (QED) is 0.545. The van der Waals surface area contributed by atoms with E-state index in [4.69, 9.17) is 10.5 Å². The van der Waals surface area contributed by atoms with Crippen molar-refractivity contribution in [3.05, 3.63) is 0 Å². The molecule has 0 spiro atoms. The van der Waals surface area contributed by atoms with E-state index in [2.05, 4.69) is 18.7 Å².